The molecule has 0 rings (SSSR count). The largest absolute Gasteiger partial charge is 1.00 e. The Morgan fingerprint density at radius 3 is 1.17 bits per heavy atom. The minimum atomic E-state index is -3.12. The molecule has 6 heteroatoms. The summed E-state index contributed by atoms with van der Waals surface area (Å²) in [5.41, 5.74) is 0. The molecule has 0 atom stereocenters. The first kappa shape index (κ1) is 15.6. The van der Waals surface area contributed by atoms with Gasteiger partial charge in [0.2, 0.25) is 0 Å². The van der Waals surface area contributed by atoms with Gasteiger partial charge >= 0.3 is 37.7 Å². The van der Waals surface area contributed by atoms with Crippen LogP contribution in [0.25, 0.3) is 0 Å². The van der Waals surface area contributed by atoms with Crippen LogP contribution >= 0.6 is 8.60 Å². The van der Waals surface area contributed by atoms with Crippen molar-refractivity contribution in [2.45, 2.75) is 0 Å². The summed E-state index contributed by atoms with van der Waals surface area (Å²) in [7, 11) is -3.12. The molecule has 0 unspecified atom stereocenters. The Bertz CT molecular complexity index is 13.5. The third kappa shape index (κ3) is 49.3. The van der Waals surface area contributed by atoms with Gasteiger partial charge in [-0.3, -0.25) is 0 Å². The second-order valence-electron chi connectivity index (χ2n) is 0.238. The van der Waals surface area contributed by atoms with Gasteiger partial charge in [-0.05, 0) is 0 Å². The van der Waals surface area contributed by atoms with Crippen molar-refractivity contribution < 1.29 is 52.4 Å². The van der Waals surface area contributed by atoms with Crippen molar-refractivity contribution in [2.24, 2.45) is 0 Å². The van der Waals surface area contributed by atoms with Gasteiger partial charge in [-0.1, -0.05) is 0 Å². The summed E-state index contributed by atoms with van der Waals surface area (Å²) >= 11 is 0. The van der Waals surface area contributed by atoms with Crippen LogP contribution in [0.4, 0.5) is 0 Å². The van der Waals surface area contributed by atoms with E-state index in [0.717, 1.165) is 0 Å². The Morgan fingerprint density at radius 2 is 1.17 bits per heavy atom. The molecular formula is HLi2O3P. The Hall–Kier alpha value is 1.50. The van der Waals surface area contributed by atoms with Gasteiger partial charge in [-0.25, -0.2) is 0 Å². The monoisotopic (exact) mass is 94.0 g/mol. The van der Waals surface area contributed by atoms with Crippen molar-refractivity contribution >= 4 is 8.60 Å². The molecule has 0 spiro atoms. The van der Waals surface area contributed by atoms with Gasteiger partial charge in [-0.15, -0.1) is 0 Å². The van der Waals surface area contributed by atoms with E-state index in [0.29, 0.717) is 0 Å². The third-order valence-corrected chi connectivity index (χ3v) is 0. The number of rotatable bonds is 0. The van der Waals surface area contributed by atoms with Crippen molar-refractivity contribution in [1.82, 2.24) is 0 Å². The van der Waals surface area contributed by atoms with E-state index in [9.17, 15) is 0 Å². The van der Waals surface area contributed by atoms with E-state index in [2.05, 4.69) is 0 Å². The van der Waals surface area contributed by atoms with Gasteiger partial charge in [0.1, 0.15) is 0 Å². The van der Waals surface area contributed by atoms with Crippen LogP contribution in [0, 0.1) is 0 Å². The summed E-state index contributed by atoms with van der Waals surface area (Å²) in [6, 6.07) is 0. The van der Waals surface area contributed by atoms with Crippen LogP contribution < -0.4 is 47.5 Å². The fourth-order valence-electron chi connectivity index (χ4n) is 0. The molecule has 26 valence electrons. The molecule has 0 aliphatic carbocycles. The van der Waals surface area contributed by atoms with Gasteiger partial charge in [0.15, 0.2) is 0 Å². The average Bonchev–Trinajstić information content (AvgIpc) is 0.811. The van der Waals surface area contributed by atoms with Crippen LogP contribution in [0.5, 0.6) is 0 Å². The second kappa shape index (κ2) is 9.71. The maximum atomic E-state index is 8.59. The van der Waals surface area contributed by atoms with E-state index in [1.807, 2.05) is 0 Å². The minimum absolute atomic E-state index is 0. The van der Waals surface area contributed by atoms with Crippen molar-refractivity contribution in [3.05, 3.63) is 0 Å². The van der Waals surface area contributed by atoms with Crippen molar-refractivity contribution in [2.75, 3.05) is 0 Å². The van der Waals surface area contributed by atoms with Gasteiger partial charge in [-0.2, -0.15) is 8.60 Å². The van der Waals surface area contributed by atoms with Gasteiger partial charge in [0.05, 0.1) is 0 Å². The zero-order valence-corrected chi connectivity index (χ0v) is 4.61. The predicted molar refractivity (Wildman–Crippen MR) is 9.14 cm³/mol. The van der Waals surface area contributed by atoms with Crippen LogP contribution in [0.15, 0.2) is 0 Å². The van der Waals surface area contributed by atoms with E-state index < -0.39 is 8.60 Å². The standard InChI is InChI=1S/2Li.HO3P/c;;1-4(2)3/h;;1H/q2*+1;-2. The molecule has 0 fully saturated rings. The smallest absolute Gasteiger partial charge is 0.820 e. The quantitative estimate of drug-likeness (QED) is 0.239. The molecule has 0 aliphatic heterocycles. The van der Waals surface area contributed by atoms with Crippen molar-refractivity contribution in [3.63, 3.8) is 0 Å². The van der Waals surface area contributed by atoms with Crippen LogP contribution in [-0.4, -0.2) is 4.89 Å². The summed E-state index contributed by atoms with van der Waals surface area (Å²) in [5, 5.41) is 0. The molecule has 0 radical (unpaired) electrons. The summed E-state index contributed by atoms with van der Waals surface area (Å²) in [6.45, 7) is 0. The van der Waals surface area contributed by atoms with E-state index in [-0.39, 0.29) is 37.7 Å². The molecule has 0 saturated carbocycles. The molecular weight excluding hydrogens is 92.9 g/mol. The maximum Gasteiger partial charge on any atom is 1.00 e. The Kier molecular flexibility index (Phi) is 25.3. The van der Waals surface area contributed by atoms with Crippen LogP contribution in [0.2, 0.25) is 0 Å². The molecule has 0 amide bonds. The molecule has 0 bridgehead atoms. The number of hydrogen-bond donors (Lipinski definition) is 1. The molecule has 0 aromatic rings. The van der Waals surface area contributed by atoms with Crippen LogP contribution in [-0.2, 0) is 0 Å². The summed E-state index contributed by atoms with van der Waals surface area (Å²) in [4.78, 5) is 24.2. The van der Waals surface area contributed by atoms with E-state index in [1.54, 1.807) is 0 Å². The molecule has 0 aromatic carbocycles. The molecule has 0 heterocycles. The Labute approximate surface area is 61.1 Å². The molecule has 0 saturated heterocycles. The predicted octanol–water partition coefficient (Wildman–Crippen LogP) is -8.07. The summed E-state index contributed by atoms with van der Waals surface area (Å²) < 4.78 is 0. The Morgan fingerprint density at radius 1 is 1.17 bits per heavy atom. The zero-order valence-electron chi connectivity index (χ0n) is 3.71. The molecule has 3 nitrogen and oxygen atoms in total. The first-order valence-electron chi connectivity index (χ1n) is 0.565. The fraction of sp³-hybridized carbons (Fsp3) is 0. The fourth-order valence-corrected chi connectivity index (χ4v) is 0. The second-order valence-corrected chi connectivity index (χ2v) is 0.714. The first-order valence-corrected chi connectivity index (χ1v) is 1.70. The van der Waals surface area contributed by atoms with Crippen molar-refractivity contribution in [3.8, 4) is 0 Å². The zero-order chi connectivity index (χ0) is 3.58. The third-order valence-electron chi connectivity index (χ3n) is 0. The molecule has 0 aliphatic rings. The Balaban J connectivity index is -0.0000000450. The first-order chi connectivity index (χ1) is 1.73. The molecule has 6 heavy (non-hydrogen) atoms. The van der Waals surface area contributed by atoms with Crippen LogP contribution in [0.1, 0.15) is 0 Å². The minimum Gasteiger partial charge on any atom is -0.820 e. The van der Waals surface area contributed by atoms with Gasteiger partial charge in [0, 0.05) is 0 Å². The van der Waals surface area contributed by atoms with E-state index in [4.69, 9.17) is 14.7 Å². The van der Waals surface area contributed by atoms with Gasteiger partial charge in [0.25, 0.3) is 0 Å². The van der Waals surface area contributed by atoms with Crippen LogP contribution in [0.3, 0.4) is 0 Å². The van der Waals surface area contributed by atoms with E-state index >= 15 is 0 Å². The topological polar surface area (TPSA) is 66.3 Å². The summed E-state index contributed by atoms with van der Waals surface area (Å²) in [6.07, 6.45) is 0. The number of hydrogen-bond acceptors (Lipinski definition) is 3. The SMILES string of the molecule is [Li+].[Li+].[O-]P([O-])O. The van der Waals surface area contributed by atoms with Crippen molar-refractivity contribution in [1.29, 1.82) is 0 Å². The van der Waals surface area contributed by atoms with Gasteiger partial charge < -0.3 is 14.7 Å². The maximum absolute atomic E-state index is 8.59. The molecule has 1 N–H and O–H groups in total. The van der Waals surface area contributed by atoms with E-state index in [1.165, 1.54) is 0 Å². The molecule has 0 aromatic heterocycles. The average molecular weight is 93.9 g/mol. The normalized spacial score (nSPS) is 6.00. The summed E-state index contributed by atoms with van der Waals surface area (Å²) in [5.74, 6) is 0.